The van der Waals surface area contributed by atoms with Gasteiger partial charge < -0.3 is 19.7 Å². The highest BCUT2D eigenvalue weighted by Gasteiger charge is 2.14. The van der Waals surface area contributed by atoms with Crippen LogP contribution in [0.5, 0.6) is 0 Å². The van der Waals surface area contributed by atoms with Gasteiger partial charge in [0, 0.05) is 16.7 Å². The molecule has 0 saturated heterocycles. The minimum absolute atomic E-state index is 0.0220. The zero-order valence-electron chi connectivity index (χ0n) is 15.5. The molecule has 0 atom stereocenters. The smallest absolute Gasteiger partial charge is 0.334 e. The molecule has 0 spiro atoms. The van der Waals surface area contributed by atoms with Gasteiger partial charge in [-0.15, -0.1) is 0 Å². The molecule has 9 heteroatoms. The largest absolute Gasteiger partial charge is 0.478 e. The molecular weight excluding hydrogens is 360 g/mol. The van der Waals surface area contributed by atoms with Crippen molar-refractivity contribution in [2.24, 2.45) is 0 Å². The van der Waals surface area contributed by atoms with Gasteiger partial charge in [-0.2, -0.15) is 0 Å². The molecule has 0 aliphatic carbocycles. The second-order valence-corrected chi connectivity index (χ2v) is 5.58. The van der Waals surface area contributed by atoms with Crippen molar-refractivity contribution in [2.45, 2.75) is 34.1 Å². The van der Waals surface area contributed by atoms with Gasteiger partial charge in [-0.05, 0) is 45.4 Å². The molecule has 0 bridgehead atoms. The first kappa shape index (κ1) is 23.8. The van der Waals surface area contributed by atoms with Crippen molar-refractivity contribution in [3.63, 3.8) is 0 Å². The maximum Gasteiger partial charge on any atom is 0.334 e. The van der Waals surface area contributed by atoms with E-state index in [-0.39, 0.29) is 47.7 Å². The molecule has 0 aliphatic rings. The summed E-state index contributed by atoms with van der Waals surface area (Å²) in [6.07, 6.45) is 1.92. The highest BCUT2D eigenvalue weighted by molar-refractivity contribution is 5.94. The van der Waals surface area contributed by atoms with Gasteiger partial charge in [-0.1, -0.05) is 0 Å². The molecule has 0 aromatic rings. The molecular formula is C18H22O9. The van der Waals surface area contributed by atoms with Crippen molar-refractivity contribution in [3.05, 3.63) is 34.4 Å². The van der Waals surface area contributed by atoms with E-state index in [9.17, 15) is 24.0 Å². The first-order chi connectivity index (χ1) is 12.5. The summed E-state index contributed by atoms with van der Waals surface area (Å²) in [6, 6.07) is 0. The molecule has 0 rings (SSSR count). The van der Waals surface area contributed by atoms with Gasteiger partial charge in [0.1, 0.15) is 25.4 Å². The lowest BCUT2D eigenvalue weighted by molar-refractivity contribution is -0.151. The van der Waals surface area contributed by atoms with Crippen molar-refractivity contribution in [2.75, 3.05) is 13.2 Å². The second kappa shape index (κ2) is 11.4. The first-order valence-corrected chi connectivity index (χ1v) is 7.82. The Bertz CT molecular complexity index is 691. The number of rotatable bonds is 10. The zero-order chi connectivity index (χ0) is 21.1. The second-order valence-electron chi connectivity index (χ2n) is 5.58. The molecule has 0 saturated carbocycles. The Labute approximate surface area is 155 Å². The van der Waals surface area contributed by atoms with Crippen LogP contribution in [0.1, 0.15) is 34.1 Å². The Morgan fingerprint density at radius 1 is 0.778 bits per heavy atom. The topological polar surface area (TPSA) is 144 Å². The number of Topliss-reactive ketones (excluding diaryl/α,β-unsaturated/α-hetero) is 1. The van der Waals surface area contributed by atoms with Crippen molar-refractivity contribution < 1.29 is 43.7 Å². The average Bonchev–Trinajstić information content (AvgIpc) is 2.56. The van der Waals surface area contributed by atoms with Crippen LogP contribution >= 0.6 is 0 Å². The van der Waals surface area contributed by atoms with E-state index in [2.05, 4.69) is 0 Å². The molecule has 148 valence electrons. The van der Waals surface area contributed by atoms with Crippen LogP contribution in [0.4, 0.5) is 0 Å². The number of ether oxygens (including phenoxy) is 2. The van der Waals surface area contributed by atoms with Crippen molar-refractivity contribution >= 4 is 29.7 Å². The molecule has 0 unspecified atom stereocenters. The van der Waals surface area contributed by atoms with Crippen LogP contribution in [0.3, 0.4) is 0 Å². The standard InChI is InChI=1S/C18H22O9/c1-10(16(21)22)7-14(8-11(2)17(23)24)13(4)18(25)27-6-5-26-15(20)9-12(3)19/h7-8H,5-6,9H2,1-4H3,(H,21,22)(H,23,24). The molecule has 0 amide bonds. The lowest BCUT2D eigenvalue weighted by Crippen LogP contribution is -2.16. The monoisotopic (exact) mass is 382 g/mol. The van der Waals surface area contributed by atoms with Gasteiger partial charge in [0.25, 0.3) is 0 Å². The minimum Gasteiger partial charge on any atom is -0.478 e. The molecule has 9 nitrogen and oxygen atoms in total. The summed E-state index contributed by atoms with van der Waals surface area (Å²) in [5.41, 5.74) is -0.172. The van der Waals surface area contributed by atoms with Crippen LogP contribution in [-0.2, 0) is 33.4 Å². The normalized spacial score (nSPS) is 11.4. The number of carboxylic acids is 2. The number of aliphatic carboxylic acids is 2. The molecule has 27 heavy (non-hydrogen) atoms. The predicted octanol–water partition coefficient (Wildman–Crippen LogP) is 1.43. The Balaban J connectivity index is 5.22. The van der Waals surface area contributed by atoms with Gasteiger partial charge in [-0.25, -0.2) is 14.4 Å². The number of hydrogen-bond donors (Lipinski definition) is 2. The minimum atomic E-state index is -1.23. The van der Waals surface area contributed by atoms with E-state index in [1.54, 1.807) is 0 Å². The number of esters is 2. The lowest BCUT2D eigenvalue weighted by Gasteiger charge is -2.08. The summed E-state index contributed by atoms with van der Waals surface area (Å²) < 4.78 is 9.62. The Morgan fingerprint density at radius 3 is 1.63 bits per heavy atom. The lowest BCUT2D eigenvalue weighted by atomic mass is 10.0. The van der Waals surface area contributed by atoms with Gasteiger partial charge in [0.2, 0.25) is 0 Å². The molecule has 0 aliphatic heterocycles. The molecule has 0 aromatic carbocycles. The summed E-state index contributed by atoms with van der Waals surface area (Å²) in [5.74, 6) is -4.40. The highest BCUT2D eigenvalue weighted by Crippen LogP contribution is 2.15. The third-order valence-corrected chi connectivity index (χ3v) is 3.13. The maximum absolute atomic E-state index is 12.1. The number of carboxylic acid groups (broad SMARTS) is 2. The zero-order valence-corrected chi connectivity index (χ0v) is 15.5. The maximum atomic E-state index is 12.1. The highest BCUT2D eigenvalue weighted by atomic mass is 16.6. The third kappa shape index (κ3) is 9.73. The Hall–Kier alpha value is -3.23. The Kier molecular flexibility index (Phi) is 10.0. The fourth-order valence-electron chi connectivity index (χ4n) is 1.62. The van der Waals surface area contributed by atoms with Crippen LogP contribution < -0.4 is 0 Å². The first-order valence-electron chi connectivity index (χ1n) is 7.82. The van der Waals surface area contributed by atoms with Crippen molar-refractivity contribution in [1.82, 2.24) is 0 Å². The van der Waals surface area contributed by atoms with Crippen LogP contribution in [0.15, 0.2) is 34.4 Å². The van der Waals surface area contributed by atoms with E-state index in [4.69, 9.17) is 19.7 Å². The number of carbonyl (C=O) groups is 5. The predicted molar refractivity (Wildman–Crippen MR) is 92.7 cm³/mol. The molecule has 2 N–H and O–H groups in total. The molecule has 0 fully saturated rings. The van der Waals surface area contributed by atoms with Crippen LogP contribution in [-0.4, -0.2) is 53.1 Å². The average molecular weight is 382 g/mol. The van der Waals surface area contributed by atoms with Gasteiger partial charge >= 0.3 is 23.9 Å². The van der Waals surface area contributed by atoms with Crippen LogP contribution in [0.2, 0.25) is 0 Å². The number of ketones is 1. The van der Waals surface area contributed by atoms with Gasteiger partial charge in [-0.3, -0.25) is 9.59 Å². The number of allylic oxidation sites excluding steroid dienone is 3. The van der Waals surface area contributed by atoms with E-state index >= 15 is 0 Å². The summed E-state index contributed by atoms with van der Waals surface area (Å²) in [7, 11) is 0. The van der Waals surface area contributed by atoms with Crippen LogP contribution in [0, 0.1) is 0 Å². The molecule has 0 aromatic heterocycles. The van der Waals surface area contributed by atoms with E-state index < -0.39 is 23.9 Å². The fraction of sp³-hybridized carbons (Fsp3) is 0.389. The van der Waals surface area contributed by atoms with Crippen LogP contribution in [0.25, 0.3) is 0 Å². The van der Waals surface area contributed by atoms with E-state index in [0.29, 0.717) is 0 Å². The number of hydrogen-bond acceptors (Lipinski definition) is 7. The van der Waals surface area contributed by atoms with E-state index in [1.165, 1.54) is 27.7 Å². The quantitative estimate of drug-likeness (QED) is 0.188. The molecule has 0 radical (unpaired) electrons. The summed E-state index contributed by atoms with van der Waals surface area (Å²) >= 11 is 0. The summed E-state index contributed by atoms with van der Waals surface area (Å²) in [5, 5.41) is 17.9. The summed E-state index contributed by atoms with van der Waals surface area (Å²) in [4.78, 5) is 56.0. The van der Waals surface area contributed by atoms with Gasteiger partial charge in [0.15, 0.2) is 0 Å². The fourth-order valence-corrected chi connectivity index (χ4v) is 1.62. The van der Waals surface area contributed by atoms with Gasteiger partial charge in [0.05, 0.1) is 0 Å². The molecule has 0 heterocycles. The third-order valence-electron chi connectivity index (χ3n) is 3.13. The number of carbonyl (C=O) groups excluding carboxylic acids is 3. The van der Waals surface area contributed by atoms with E-state index in [1.807, 2.05) is 0 Å². The Morgan fingerprint density at radius 2 is 1.22 bits per heavy atom. The van der Waals surface area contributed by atoms with Crippen molar-refractivity contribution in [1.29, 1.82) is 0 Å². The summed E-state index contributed by atoms with van der Waals surface area (Å²) in [6.45, 7) is 4.62. The van der Waals surface area contributed by atoms with Crippen molar-refractivity contribution in [3.8, 4) is 0 Å². The SMILES string of the molecule is CC(=O)CC(=O)OCCOC(=O)C(C)=C(C=C(C)C(=O)O)C=C(C)C(=O)O. The van der Waals surface area contributed by atoms with E-state index in [0.717, 1.165) is 12.2 Å².